The topological polar surface area (TPSA) is 90.9 Å². The van der Waals surface area contributed by atoms with Crippen molar-refractivity contribution >= 4 is 11.6 Å². The molecule has 0 saturated heterocycles. The second kappa shape index (κ2) is 6.54. The van der Waals surface area contributed by atoms with E-state index in [-0.39, 0.29) is 18.1 Å². The molecule has 0 aliphatic heterocycles. The van der Waals surface area contributed by atoms with Crippen molar-refractivity contribution in [2.24, 2.45) is 0 Å². The Labute approximate surface area is 139 Å². The Hall–Kier alpha value is -3.15. The molecule has 0 fully saturated rings. The number of aromatic hydroxyl groups is 1. The number of rotatable bonds is 4. The number of nitrogens with zero attached hydrogens (tertiary/aromatic N) is 2. The lowest BCUT2D eigenvalue weighted by atomic mass is 10.1. The molecule has 3 aromatic rings. The monoisotopic (exact) mass is 322 g/mol. The Morgan fingerprint density at radius 1 is 1.21 bits per heavy atom. The third-order valence-electron chi connectivity index (χ3n) is 3.64. The van der Waals surface area contributed by atoms with Crippen molar-refractivity contribution in [3.8, 4) is 17.1 Å². The van der Waals surface area contributed by atoms with E-state index in [1.165, 1.54) is 0 Å². The number of anilines is 1. The Morgan fingerprint density at radius 3 is 2.75 bits per heavy atom. The van der Waals surface area contributed by atoms with Crippen LogP contribution in [0, 0.1) is 13.8 Å². The number of H-pyrrole nitrogens is 1. The van der Waals surface area contributed by atoms with Gasteiger partial charge < -0.3 is 10.4 Å². The van der Waals surface area contributed by atoms with Crippen LogP contribution in [0.15, 0.2) is 42.5 Å². The molecular formula is C18H18N4O2. The van der Waals surface area contributed by atoms with E-state index in [1.807, 2.05) is 44.2 Å². The van der Waals surface area contributed by atoms with Crippen LogP contribution in [0.25, 0.3) is 11.4 Å². The summed E-state index contributed by atoms with van der Waals surface area (Å²) < 4.78 is 0. The molecule has 6 nitrogen and oxygen atoms in total. The number of benzene rings is 2. The molecule has 0 atom stereocenters. The van der Waals surface area contributed by atoms with Gasteiger partial charge in [-0.3, -0.25) is 9.89 Å². The predicted molar refractivity (Wildman–Crippen MR) is 91.7 cm³/mol. The third-order valence-corrected chi connectivity index (χ3v) is 3.64. The Kier molecular flexibility index (Phi) is 4.29. The van der Waals surface area contributed by atoms with Crippen molar-refractivity contribution in [3.05, 3.63) is 59.4 Å². The molecule has 0 saturated carbocycles. The van der Waals surface area contributed by atoms with E-state index in [0.717, 1.165) is 22.5 Å². The summed E-state index contributed by atoms with van der Waals surface area (Å²) in [6.45, 7) is 3.65. The van der Waals surface area contributed by atoms with Crippen molar-refractivity contribution in [2.45, 2.75) is 20.3 Å². The number of nitrogens with one attached hydrogen (secondary N) is 2. The van der Waals surface area contributed by atoms with E-state index in [4.69, 9.17) is 0 Å². The average molecular weight is 322 g/mol. The molecule has 24 heavy (non-hydrogen) atoms. The van der Waals surface area contributed by atoms with Gasteiger partial charge in [-0.1, -0.05) is 24.3 Å². The fraction of sp³-hybridized carbons (Fsp3) is 0.167. The number of amides is 1. The van der Waals surface area contributed by atoms with Gasteiger partial charge in [0.05, 0.1) is 6.42 Å². The Bertz CT molecular complexity index is 886. The SMILES string of the molecule is Cc1nc(-c2cccc(NC(=O)Cc3ccc(C)c(O)c3)c2)n[nH]1. The van der Waals surface area contributed by atoms with Gasteiger partial charge in [-0.25, -0.2) is 4.98 Å². The fourth-order valence-electron chi connectivity index (χ4n) is 2.36. The van der Waals surface area contributed by atoms with E-state index < -0.39 is 0 Å². The smallest absolute Gasteiger partial charge is 0.228 e. The highest BCUT2D eigenvalue weighted by atomic mass is 16.3. The molecule has 0 radical (unpaired) electrons. The standard InChI is InChI=1S/C18H18N4O2/c1-11-6-7-13(8-16(11)23)9-17(24)20-15-5-3-4-14(10-15)18-19-12(2)21-22-18/h3-8,10,23H,9H2,1-2H3,(H,20,24)(H,19,21,22). The summed E-state index contributed by atoms with van der Waals surface area (Å²) in [5.74, 6) is 1.37. The molecule has 3 N–H and O–H groups in total. The van der Waals surface area contributed by atoms with Gasteiger partial charge in [-0.05, 0) is 43.2 Å². The van der Waals surface area contributed by atoms with Crippen LogP contribution in [0.1, 0.15) is 17.0 Å². The summed E-state index contributed by atoms with van der Waals surface area (Å²) in [4.78, 5) is 16.5. The largest absolute Gasteiger partial charge is 0.508 e. The third kappa shape index (κ3) is 3.60. The second-order valence-corrected chi connectivity index (χ2v) is 5.67. The molecule has 2 aromatic carbocycles. The number of phenols is 1. The summed E-state index contributed by atoms with van der Waals surface area (Å²) in [6.07, 6.45) is 0.192. The zero-order valence-corrected chi connectivity index (χ0v) is 13.5. The van der Waals surface area contributed by atoms with Crippen molar-refractivity contribution in [1.29, 1.82) is 0 Å². The lowest BCUT2D eigenvalue weighted by molar-refractivity contribution is -0.115. The van der Waals surface area contributed by atoms with Crippen LogP contribution in [-0.2, 0) is 11.2 Å². The zero-order valence-electron chi connectivity index (χ0n) is 13.5. The molecule has 1 amide bonds. The van der Waals surface area contributed by atoms with Gasteiger partial charge in [0.1, 0.15) is 11.6 Å². The highest BCUT2D eigenvalue weighted by Gasteiger charge is 2.08. The van der Waals surface area contributed by atoms with Crippen molar-refractivity contribution in [2.75, 3.05) is 5.32 Å². The number of carbonyl (C=O) groups is 1. The number of aromatic nitrogens is 3. The van der Waals surface area contributed by atoms with Crippen LogP contribution < -0.4 is 5.32 Å². The summed E-state index contributed by atoms with van der Waals surface area (Å²) >= 11 is 0. The molecule has 0 aliphatic rings. The number of phenolic OH excluding ortho intramolecular Hbond substituents is 1. The number of aromatic amines is 1. The van der Waals surface area contributed by atoms with E-state index in [1.54, 1.807) is 12.1 Å². The van der Waals surface area contributed by atoms with Gasteiger partial charge in [0.15, 0.2) is 5.82 Å². The maximum Gasteiger partial charge on any atom is 0.228 e. The van der Waals surface area contributed by atoms with Crippen molar-refractivity contribution in [1.82, 2.24) is 15.2 Å². The summed E-state index contributed by atoms with van der Waals surface area (Å²) in [5.41, 5.74) is 3.05. The van der Waals surface area contributed by atoms with E-state index in [0.29, 0.717) is 11.5 Å². The summed E-state index contributed by atoms with van der Waals surface area (Å²) in [7, 11) is 0. The zero-order chi connectivity index (χ0) is 17.1. The molecule has 0 bridgehead atoms. The first-order valence-corrected chi connectivity index (χ1v) is 7.59. The summed E-state index contributed by atoms with van der Waals surface area (Å²) in [6, 6.07) is 12.6. The van der Waals surface area contributed by atoms with E-state index in [2.05, 4.69) is 20.5 Å². The van der Waals surface area contributed by atoms with Gasteiger partial charge >= 0.3 is 0 Å². The molecule has 0 unspecified atom stereocenters. The Morgan fingerprint density at radius 2 is 2.04 bits per heavy atom. The molecule has 1 heterocycles. The minimum absolute atomic E-state index is 0.151. The van der Waals surface area contributed by atoms with E-state index >= 15 is 0 Å². The predicted octanol–water partition coefficient (Wildman–Crippen LogP) is 2.98. The fourth-order valence-corrected chi connectivity index (χ4v) is 2.36. The van der Waals surface area contributed by atoms with Gasteiger partial charge in [0.2, 0.25) is 5.91 Å². The normalized spacial score (nSPS) is 10.6. The number of hydrogen-bond acceptors (Lipinski definition) is 4. The molecule has 6 heteroatoms. The number of hydrogen-bond donors (Lipinski definition) is 3. The highest BCUT2D eigenvalue weighted by Crippen LogP contribution is 2.20. The maximum atomic E-state index is 12.2. The lowest BCUT2D eigenvalue weighted by Gasteiger charge is -2.07. The van der Waals surface area contributed by atoms with Gasteiger partial charge in [-0.2, -0.15) is 5.10 Å². The van der Waals surface area contributed by atoms with Crippen LogP contribution in [-0.4, -0.2) is 26.2 Å². The van der Waals surface area contributed by atoms with Gasteiger partial charge in [0, 0.05) is 11.3 Å². The maximum absolute atomic E-state index is 12.2. The summed E-state index contributed by atoms with van der Waals surface area (Å²) in [5, 5.41) is 19.5. The number of carbonyl (C=O) groups excluding carboxylic acids is 1. The molecule has 122 valence electrons. The van der Waals surface area contributed by atoms with Crippen molar-refractivity contribution < 1.29 is 9.90 Å². The highest BCUT2D eigenvalue weighted by molar-refractivity contribution is 5.92. The van der Waals surface area contributed by atoms with Crippen LogP contribution >= 0.6 is 0 Å². The van der Waals surface area contributed by atoms with Crippen LogP contribution in [0.5, 0.6) is 5.75 Å². The lowest BCUT2D eigenvalue weighted by Crippen LogP contribution is -2.14. The van der Waals surface area contributed by atoms with Crippen molar-refractivity contribution in [3.63, 3.8) is 0 Å². The first kappa shape index (κ1) is 15.7. The molecular weight excluding hydrogens is 304 g/mol. The molecule has 0 aliphatic carbocycles. The molecule has 3 rings (SSSR count). The minimum atomic E-state index is -0.151. The number of aryl methyl sites for hydroxylation is 2. The van der Waals surface area contributed by atoms with Crippen LogP contribution in [0.3, 0.4) is 0 Å². The molecule has 1 aromatic heterocycles. The molecule has 0 spiro atoms. The Balaban J connectivity index is 1.71. The van der Waals surface area contributed by atoms with Crippen LogP contribution in [0.4, 0.5) is 5.69 Å². The minimum Gasteiger partial charge on any atom is -0.508 e. The van der Waals surface area contributed by atoms with Gasteiger partial charge in [0.25, 0.3) is 0 Å². The van der Waals surface area contributed by atoms with Crippen LogP contribution in [0.2, 0.25) is 0 Å². The first-order chi connectivity index (χ1) is 11.5. The van der Waals surface area contributed by atoms with Gasteiger partial charge in [-0.15, -0.1) is 0 Å². The first-order valence-electron chi connectivity index (χ1n) is 7.59. The van der Waals surface area contributed by atoms with E-state index in [9.17, 15) is 9.90 Å². The second-order valence-electron chi connectivity index (χ2n) is 5.67. The quantitative estimate of drug-likeness (QED) is 0.688. The average Bonchev–Trinajstić information content (AvgIpc) is 2.98.